The molecule has 0 bridgehead atoms. The van der Waals surface area contributed by atoms with Crippen molar-refractivity contribution in [3.63, 3.8) is 0 Å². The minimum absolute atomic E-state index is 0.167. The van der Waals surface area contributed by atoms with Gasteiger partial charge in [-0.3, -0.25) is 9.59 Å². The third-order valence-electron chi connectivity index (χ3n) is 3.86. The van der Waals surface area contributed by atoms with Gasteiger partial charge >= 0.3 is 5.97 Å². The van der Waals surface area contributed by atoms with Crippen molar-refractivity contribution in [3.05, 3.63) is 23.8 Å². The molecule has 1 rings (SSSR count). The number of aliphatic carboxylic acids is 1. The quantitative estimate of drug-likeness (QED) is 0.664. The van der Waals surface area contributed by atoms with Crippen LogP contribution in [0, 0.1) is 0 Å². The fraction of sp³-hybridized carbons (Fsp3) is 0.556. The minimum Gasteiger partial charge on any atom is -0.493 e. The number of rotatable bonds is 10. The van der Waals surface area contributed by atoms with Gasteiger partial charge in [0.15, 0.2) is 11.5 Å². The van der Waals surface area contributed by atoms with Gasteiger partial charge in [0.1, 0.15) is 6.54 Å². The summed E-state index contributed by atoms with van der Waals surface area (Å²) in [5, 5.41) is 9.05. The van der Waals surface area contributed by atoms with E-state index in [2.05, 4.69) is 6.92 Å². The summed E-state index contributed by atoms with van der Waals surface area (Å²) in [5.74, 6) is -0.313. The molecule has 0 fully saturated rings. The van der Waals surface area contributed by atoms with Gasteiger partial charge in [-0.15, -0.1) is 0 Å². The van der Waals surface area contributed by atoms with Crippen LogP contribution in [0.5, 0.6) is 11.5 Å². The zero-order chi connectivity index (χ0) is 18.1. The Bertz CT molecular complexity index is 558. The number of unbranched alkanes of at least 4 members (excludes halogenated alkanes) is 1. The number of ether oxygens (including phenoxy) is 2. The van der Waals surface area contributed by atoms with Crippen LogP contribution in [0.4, 0.5) is 0 Å². The summed E-state index contributed by atoms with van der Waals surface area (Å²) >= 11 is 0. The van der Waals surface area contributed by atoms with Gasteiger partial charge in [0, 0.05) is 11.6 Å². The highest BCUT2D eigenvalue weighted by Gasteiger charge is 2.23. The van der Waals surface area contributed by atoms with Crippen LogP contribution in [0.1, 0.15) is 50.4 Å². The summed E-state index contributed by atoms with van der Waals surface area (Å²) < 4.78 is 11.0. The molecule has 0 aromatic heterocycles. The first kappa shape index (κ1) is 19.8. The number of carbonyl (C=O) groups is 2. The molecule has 24 heavy (non-hydrogen) atoms. The highest BCUT2D eigenvalue weighted by molar-refractivity contribution is 5.96. The molecular formula is C18H27NO5. The predicted molar refractivity (Wildman–Crippen MR) is 91.8 cm³/mol. The second-order valence-corrected chi connectivity index (χ2v) is 5.65. The van der Waals surface area contributed by atoms with E-state index in [1.165, 1.54) is 12.0 Å². The Morgan fingerprint density at radius 3 is 2.50 bits per heavy atom. The van der Waals surface area contributed by atoms with Crippen molar-refractivity contribution in [2.75, 3.05) is 20.3 Å². The van der Waals surface area contributed by atoms with Crippen molar-refractivity contribution in [1.29, 1.82) is 0 Å². The second-order valence-electron chi connectivity index (χ2n) is 5.65. The lowest BCUT2D eigenvalue weighted by Crippen LogP contribution is -2.41. The van der Waals surface area contributed by atoms with Gasteiger partial charge in [-0.1, -0.05) is 20.3 Å². The summed E-state index contributed by atoms with van der Waals surface area (Å²) in [6.45, 7) is 6.08. The zero-order valence-electron chi connectivity index (χ0n) is 14.9. The van der Waals surface area contributed by atoms with Crippen LogP contribution in [-0.4, -0.2) is 48.2 Å². The molecule has 0 aliphatic heterocycles. The van der Waals surface area contributed by atoms with E-state index < -0.39 is 5.97 Å². The van der Waals surface area contributed by atoms with Crippen molar-refractivity contribution in [3.8, 4) is 11.5 Å². The van der Waals surface area contributed by atoms with Gasteiger partial charge in [-0.25, -0.2) is 0 Å². The molecule has 1 unspecified atom stereocenters. The Morgan fingerprint density at radius 2 is 1.96 bits per heavy atom. The third-order valence-corrected chi connectivity index (χ3v) is 3.86. The molecule has 0 saturated heterocycles. The summed E-state index contributed by atoms with van der Waals surface area (Å²) in [6, 6.07) is 4.77. The van der Waals surface area contributed by atoms with Crippen LogP contribution in [0.15, 0.2) is 18.2 Å². The molecule has 0 heterocycles. The van der Waals surface area contributed by atoms with Crippen LogP contribution in [0.3, 0.4) is 0 Å². The molecule has 1 atom stereocenters. The number of carboxylic acid groups (broad SMARTS) is 1. The Labute approximate surface area is 143 Å². The van der Waals surface area contributed by atoms with Crippen LogP contribution >= 0.6 is 0 Å². The Hall–Kier alpha value is -2.24. The zero-order valence-corrected chi connectivity index (χ0v) is 14.9. The lowest BCUT2D eigenvalue weighted by Gasteiger charge is -2.27. The van der Waals surface area contributed by atoms with E-state index in [0.29, 0.717) is 30.1 Å². The predicted octanol–water partition coefficient (Wildman–Crippen LogP) is 3.20. The lowest BCUT2D eigenvalue weighted by molar-refractivity contribution is -0.138. The molecule has 0 aliphatic rings. The molecule has 1 amide bonds. The first-order chi connectivity index (χ1) is 11.4. The molecule has 134 valence electrons. The Balaban J connectivity index is 3.01. The van der Waals surface area contributed by atoms with E-state index in [4.69, 9.17) is 14.6 Å². The summed E-state index contributed by atoms with van der Waals surface area (Å²) in [5.41, 5.74) is 0.385. The van der Waals surface area contributed by atoms with Crippen molar-refractivity contribution >= 4 is 11.9 Å². The van der Waals surface area contributed by atoms with Gasteiger partial charge < -0.3 is 19.5 Å². The second kappa shape index (κ2) is 9.80. The van der Waals surface area contributed by atoms with Gasteiger partial charge in [0.25, 0.3) is 5.91 Å². The molecular weight excluding hydrogens is 310 g/mol. The SMILES string of the molecule is CCCCOc1ccc(C(=O)N(CC(=O)O)C(C)CC)cc1OC. The number of amides is 1. The van der Waals surface area contributed by atoms with Crippen molar-refractivity contribution in [2.24, 2.45) is 0 Å². The average Bonchev–Trinajstić information content (AvgIpc) is 2.58. The van der Waals surface area contributed by atoms with Crippen molar-refractivity contribution in [1.82, 2.24) is 4.90 Å². The molecule has 0 radical (unpaired) electrons. The van der Waals surface area contributed by atoms with Crippen LogP contribution in [0.2, 0.25) is 0 Å². The molecule has 1 N–H and O–H groups in total. The highest BCUT2D eigenvalue weighted by Crippen LogP contribution is 2.29. The Kier molecular flexibility index (Phi) is 8.09. The normalized spacial score (nSPS) is 11.7. The van der Waals surface area contributed by atoms with Gasteiger partial charge in [-0.2, -0.15) is 0 Å². The maximum atomic E-state index is 12.7. The molecule has 6 heteroatoms. The summed E-state index contributed by atoms with van der Waals surface area (Å²) in [4.78, 5) is 25.1. The summed E-state index contributed by atoms with van der Waals surface area (Å²) in [7, 11) is 1.51. The first-order valence-electron chi connectivity index (χ1n) is 8.28. The van der Waals surface area contributed by atoms with Crippen LogP contribution < -0.4 is 9.47 Å². The number of hydrogen-bond acceptors (Lipinski definition) is 4. The third kappa shape index (κ3) is 5.44. The molecule has 1 aromatic rings. The number of carbonyl (C=O) groups excluding carboxylic acids is 1. The van der Waals surface area contributed by atoms with E-state index in [0.717, 1.165) is 12.8 Å². The van der Waals surface area contributed by atoms with E-state index in [-0.39, 0.29) is 18.5 Å². The number of nitrogens with zero attached hydrogens (tertiary/aromatic N) is 1. The average molecular weight is 337 g/mol. The minimum atomic E-state index is -1.03. The number of benzene rings is 1. The number of methoxy groups -OCH3 is 1. The standard InChI is InChI=1S/C18H27NO5/c1-5-7-10-24-15-9-8-14(11-16(15)23-4)18(22)19(12-17(20)21)13(3)6-2/h8-9,11,13H,5-7,10,12H2,1-4H3,(H,20,21). The molecule has 1 aromatic carbocycles. The van der Waals surface area contributed by atoms with Crippen LogP contribution in [0.25, 0.3) is 0 Å². The lowest BCUT2D eigenvalue weighted by atomic mass is 10.1. The molecule has 0 saturated carbocycles. The van der Waals surface area contributed by atoms with E-state index >= 15 is 0 Å². The molecule has 0 spiro atoms. The fourth-order valence-electron chi connectivity index (χ4n) is 2.21. The van der Waals surface area contributed by atoms with E-state index in [9.17, 15) is 9.59 Å². The highest BCUT2D eigenvalue weighted by atomic mass is 16.5. The first-order valence-corrected chi connectivity index (χ1v) is 8.28. The van der Waals surface area contributed by atoms with Crippen LogP contribution in [-0.2, 0) is 4.79 Å². The number of carboxylic acids is 1. The van der Waals surface area contributed by atoms with Crippen molar-refractivity contribution in [2.45, 2.75) is 46.1 Å². The maximum Gasteiger partial charge on any atom is 0.323 e. The molecule has 6 nitrogen and oxygen atoms in total. The number of hydrogen-bond donors (Lipinski definition) is 1. The van der Waals surface area contributed by atoms with Gasteiger partial charge in [-0.05, 0) is 38.0 Å². The smallest absolute Gasteiger partial charge is 0.323 e. The maximum absolute atomic E-state index is 12.7. The van der Waals surface area contributed by atoms with Crippen molar-refractivity contribution < 1.29 is 24.2 Å². The largest absolute Gasteiger partial charge is 0.493 e. The van der Waals surface area contributed by atoms with Gasteiger partial charge in [0.2, 0.25) is 0 Å². The summed E-state index contributed by atoms with van der Waals surface area (Å²) in [6.07, 6.45) is 2.64. The van der Waals surface area contributed by atoms with E-state index in [1.807, 2.05) is 13.8 Å². The fourth-order valence-corrected chi connectivity index (χ4v) is 2.21. The molecule has 0 aliphatic carbocycles. The Morgan fingerprint density at radius 1 is 1.25 bits per heavy atom. The monoisotopic (exact) mass is 337 g/mol. The van der Waals surface area contributed by atoms with E-state index in [1.54, 1.807) is 18.2 Å². The van der Waals surface area contributed by atoms with Gasteiger partial charge in [0.05, 0.1) is 13.7 Å². The topological polar surface area (TPSA) is 76.1 Å².